The summed E-state index contributed by atoms with van der Waals surface area (Å²) in [4.78, 5) is 25.6. The monoisotopic (exact) mass is 460 g/mol. The molecule has 2 amide bonds. The maximum atomic E-state index is 12.8. The number of ether oxygens (including phenoxy) is 2. The molecule has 6 nitrogen and oxygen atoms in total. The molecule has 3 aromatic rings. The quantitative estimate of drug-likeness (QED) is 0.415. The van der Waals surface area contributed by atoms with Crippen molar-refractivity contribution in [3.05, 3.63) is 95.6 Å². The van der Waals surface area contributed by atoms with E-state index in [1.54, 1.807) is 19.2 Å². The van der Waals surface area contributed by atoms with Crippen molar-refractivity contribution < 1.29 is 19.1 Å². The Balaban J connectivity index is 1.79. The van der Waals surface area contributed by atoms with Crippen molar-refractivity contribution in [2.45, 2.75) is 32.9 Å². The molecule has 0 radical (unpaired) electrons. The lowest BCUT2D eigenvalue weighted by Crippen LogP contribution is -2.42. The maximum Gasteiger partial charge on any atom is 0.226 e. The zero-order valence-electron chi connectivity index (χ0n) is 19.9. The van der Waals surface area contributed by atoms with E-state index in [1.807, 2.05) is 66.7 Å². The van der Waals surface area contributed by atoms with Gasteiger partial charge >= 0.3 is 0 Å². The highest BCUT2D eigenvalue weighted by atomic mass is 16.5. The first-order chi connectivity index (χ1) is 16.4. The number of nitrogens with one attached hydrogen (secondary N) is 2. The Labute approximate surface area is 201 Å². The fourth-order valence-corrected chi connectivity index (χ4v) is 3.43. The summed E-state index contributed by atoms with van der Waals surface area (Å²) in [7, 11) is 1.57. The molecule has 3 rings (SSSR count). The Bertz CT molecular complexity index is 1010. The molecular weight excluding hydrogens is 428 g/mol. The van der Waals surface area contributed by atoms with Crippen molar-refractivity contribution in [3.8, 4) is 11.5 Å². The Morgan fingerprint density at radius 1 is 0.765 bits per heavy atom. The van der Waals surface area contributed by atoms with Crippen molar-refractivity contribution in [3.63, 3.8) is 0 Å². The largest absolute Gasteiger partial charge is 0.493 e. The van der Waals surface area contributed by atoms with E-state index < -0.39 is 6.17 Å². The highest BCUT2D eigenvalue weighted by Crippen LogP contribution is 2.30. The van der Waals surface area contributed by atoms with Crippen LogP contribution in [-0.4, -0.2) is 25.5 Å². The average Bonchev–Trinajstić information content (AvgIpc) is 2.83. The van der Waals surface area contributed by atoms with Crippen LogP contribution in [0.3, 0.4) is 0 Å². The van der Waals surface area contributed by atoms with E-state index in [9.17, 15) is 9.59 Å². The van der Waals surface area contributed by atoms with Crippen LogP contribution in [0.2, 0.25) is 0 Å². The van der Waals surface area contributed by atoms with Gasteiger partial charge in [0.05, 0.1) is 26.6 Å². The van der Waals surface area contributed by atoms with E-state index in [0.717, 1.165) is 11.1 Å². The van der Waals surface area contributed by atoms with Crippen LogP contribution in [0.15, 0.2) is 78.9 Å². The van der Waals surface area contributed by atoms with Gasteiger partial charge in [0.15, 0.2) is 11.5 Å². The molecule has 2 N–H and O–H groups in total. The second-order valence-electron chi connectivity index (χ2n) is 8.51. The molecule has 0 aliphatic rings. The standard InChI is InChI=1S/C28H32N2O4/c1-20(2)19-34-24-15-14-23(18-25(24)33-3)28(29-26(31)16-21-10-6-4-7-11-21)30-27(32)17-22-12-8-5-9-13-22/h4-15,18,20,28H,16-17,19H2,1-3H3,(H,29,31)(H,30,32). The summed E-state index contributed by atoms with van der Waals surface area (Å²) < 4.78 is 11.4. The van der Waals surface area contributed by atoms with E-state index in [4.69, 9.17) is 9.47 Å². The predicted molar refractivity (Wildman–Crippen MR) is 133 cm³/mol. The zero-order chi connectivity index (χ0) is 24.3. The molecule has 0 atom stereocenters. The molecule has 0 unspecified atom stereocenters. The van der Waals surface area contributed by atoms with Crippen LogP contribution in [-0.2, 0) is 22.4 Å². The number of carbonyl (C=O) groups is 2. The fourth-order valence-electron chi connectivity index (χ4n) is 3.43. The molecule has 0 bridgehead atoms. The Morgan fingerprint density at radius 3 is 1.76 bits per heavy atom. The van der Waals surface area contributed by atoms with Gasteiger partial charge in [0.1, 0.15) is 6.17 Å². The van der Waals surface area contributed by atoms with E-state index in [2.05, 4.69) is 24.5 Å². The number of methoxy groups -OCH3 is 1. The minimum atomic E-state index is -0.722. The summed E-state index contributed by atoms with van der Waals surface area (Å²) in [6.45, 7) is 4.70. The summed E-state index contributed by atoms with van der Waals surface area (Å²) in [5, 5.41) is 5.90. The van der Waals surface area contributed by atoms with Crippen molar-refractivity contribution >= 4 is 11.8 Å². The first kappa shape index (κ1) is 24.8. The summed E-state index contributed by atoms with van der Waals surface area (Å²) >= 11 is 0. The van der Waals surface area contributed by atoms with Crippen molar-refractivity contribution in [2.24, 2.45) is 5.92 Å². The number of hydrogen-bond donors (Lipinski definition) is 2. The molecule has 178 valence electrons. The Morgan fingerprint density at radius 2 is 1.29 bits per heavy atom. The van der Waals surface area contributed by atoms with Crippen LogP contribution in [0.4, 0.5) is 0 Å². The predicted octanol–water partition coefficient (Wildman–Crippen LogP) is 4.45. The van der Waals surface area contributed by atoms with Gasteiger partial charge in [-0.15, -0.1) is 0 Å². The summed E-state index contributed by atoms with van der Waals surface area (Å²) in [5.74, 6) is 1.12. The van der Waals surface area contributed by atoms with E-state index in [0.29, 0.717) is 29.6 Å². The lowest BCUT2D eigenvalue weighted by molar-refractivity contribution is -0.123. The number of rotatable bonds is 11. The maximum absolute atomic E-state index is 12.8. The third kappa shape index (κ3) is 7.66. The SMILES string of the molecule is COc1cc(C(NC(=O)Cc2ccccc2)NC(=O)Cc2ccccc2)ccc1OCC(C)C. The van der Waals surface area contributed by atoms with Crippen LogP contribution in [0.1, 0.15) is 36.7 Å². The van der Waals surface area contributed by atoms with Crippen LogP contribution in [0.5, 0.6) is 11.5 Å². The van der Waals surface area contributed by atoms with Crippen molar-refractivity contribution in [2.75, 3.05) is 13.7 Å². The molecule has 0 spiro atoms. The van der Waals surface area contributed by atoms with E-state index in [1.165, 1.54) is 0 Å². The van der Waals surface area contributed by atoms with Crippen molar-refractivity contribution in [1.82, 2.24) is 10.6 Å². The third-order valence-corrected chi connectivity index (χ3v) is 5.12. The lowest BCUT2D eigenvalue weighted by Gasteiger charge is -2.22. The molecule has 6 heteroatoms. The van der Waals surface area contributed by atoms with Crippen LogP contribution in [0.25, 0.3) is 0 Å². The molecule has 0 saturated carbocycles. The van der Waals surface area contributed by atoms with Gasteiger partial charge in [0.2, 0.25) is 11.8 Å². The number of hydrogen-bond acceptors (Lipinski definition) is 4. The first-order valence-electron chi connectivity index (χ1n) is 11.4. The highest BCUT2D eigenvalue weighted by molar-refractivity contribution is 5.82. The van der Waals surface area contributed by atoms with Gasteiger partial charge in [0.25, 0.3) is 0 Å². The van der Waals surface area contributed by atoms with E-state index in [-0.39, 0.29) is 24.7 Å². The van der Waals surface area contributed by atoms with Crippen LogP contribution < -0.4 is 20.1 Å². The second kappa shape index (κ2) is 12.4. The van der Waals surface area contributed by atoms with E-state index >= 15 is 0 Å². The van der Waals surface area contributed by atoms with Crippen LogP contribution >= 0.6 is 0 Å². The molecule has 0 aliphatic heterocycles. The molecule has 0 aliphatic carbocycles. The highest BCUT2D eigenvalue weighted by Gasteiger charge is 2.20. The molecule has 0 fully saturated rings. The smallest absolute Gasteiger partial charge is 0.226 e. The molecule has 34 heavy (non-hydrogen) atoms. The molecule has 0 aromatic heterocycles. The Hall–Kier alpha value is -3.80. The fraction of sp³-hybridized carbons (Fsp3) is 0.286. The van der Waals surface area contributed by atoms with Gasteiger partial charge in [-0.1, -0.05) is 80.6 Å². The van der Waals surface area contributed by atoms with Gasteiger partial charge < -0.3 is 20.1 Å². The molecular formula is C28H32N2O4. The Kier molecular flexibility index (Phi) is 9.09. The van der Waals surface area contributed by atoms with Gasteiger partial charge in [-0.05, 0) is 34.7 Å². The van der Waals surface area contributed by atoms with Crippen LogP contribution in [0, 0.1) is 5.92 Å². The van der Waals surface area contributed by atoms with Gasteiger partial charge in [-0.3, -0.25) is 9.59 Å². The minimum absolute atomic E-state index is 0.199. The molecule has 3 aromatic carbocycles. The normalized spacial score (nSPS) is 10.7. The molecule has 0 heterocycles. The first-order valence-corrected chi connectivity index (χ1v) is 11.4. The zero-order valence-corrected chi connectivity index (χ0v) is 19.9. The summed E-state index contributed by atoms with van der Waals surface area (Å²) in [6, 6.07) is 24.4. The van der Waals surface area contributed by atoms with Gasteiger partial charge in [0, 0.05) is 0 Å². The number of amides is 2. The number of carbonyl (C=O) groups excluding carboxylic acids is 2. The average molecular weight is 461 g/mol. The van der Waals surface area contributed by atoms with Crippen molar-refractivity contribution in [1.29, 1.82) is 0 Å². The lowest BCUT2D eigenvalue weighted by atomic mass is 10.1. The minimum Gasteiger partial charge on any atom is -0.493 e. The summed E-state index contributed by atoms with van der Waals surface area (Å²) in [6.07, 6.45) is -0.308. The second-order valence-corrected chi connectivity index (χ2v) is 8.51. The number of benzene rings is 3. The summed E-state index contributed by atoms with van der Waals surface area (Å²) in [5.41, 5.74) is 2.48. The van der Waals surface area contributed by atoms with Gasteiger partial charge in [-0.2, -0.15) is 0 Å². The topological polar surface area (TPSA) is 76.7 Å². The third-order valence-electron chi connectivity index (χ3n) is 5.12. The van der Waals surface area contributed by atoms with Gasteiger partial charge in [-0.25, -0.2) is 0 Å². The molecule has 0 saturated heterocycles.